The van der Waals surface area contributed by atoms with Crippen molar-refractivity contribution in [2.75, 3.05) is 6.54 Å². The summed E-state index contributed by atoms with van der Waals surface area (Å²) in [4.78, 5) is 14.9. The lowest BCUT2D eigenvalue weighted by molar-refractivity contribution is -0.128. The molecule has 0 fully saturated rings. The lowest BCUT2D eigenvalue weighted by atomic mass is 9.99. The maximum Gasteiger partial charge on any atom is 0.247 e. The van der Waals surface area contributed by atoms with E-state index in [9.17, 15) is 10.1 Å². The molecule has 0 saturated heterocycles. The minimum absolute atomic E-state index is 0.0518. The molecule has 1 aliphatic rings. The van der Waals surface area contributed by atoms with E-state index < -0.39 is 0 Å². The lowest BCUT2D eigenvalue weighted by Gasteiger charge is -2.36. The molecule has 0 radical (unpaired) electrons. The summed E-state index contributed by atoms with van der Waals surface area (Å²) < 4.78 is 2.20. The minimum Gasteiger partial charge on any atom is -0.348 e. The molecule has 27 heavy (non-hydrogen) atoms. The Morgan fingerprint density at radius 2 is 1.78 bits per heavy atom. The summed E-state index contributed by atoms with van der Waals surface area (Å²) in [5.74, 6) is -0.0518. The maximum absolute atomic E-state index is 13.0. The summed E-state index contributed by atoms with van der Waals surface area (Å²) in [5, 5.41) is 9.23. The van der Waals surface area contributed by atoms with Gasteiger partial charge in [-0.25, -0.2) is 0 Å². The fourth-order valence-electron chi connectivity index (χ4n) is 3.61. The van der Waals surface area contributed by atoms with E-state index in [-0.39, 0.29) is 11.9 Å². The van der Waals surface area contributed by atoms with Gasteiger partial charge >= 0.3 is 0 Å². The van der Waals surface area contributed by atoms with Crippen molar-refractivity contribution in [3.8, 4) is 6.07 Å². The Morgan fingerprint density at radius 3 is 2.59 bits per heavy atom. The van der Waals surface area contributed by atoms with E-state index >= 15 is 0 Å². The van der Waals surface area contributed by atoms with Crippen molar-refractivity contribution >= 4 is 12.0 Å². The van der Waals surface area contributed by atoms with Crippen molar-refractivity contribution in [1.29, 1.82) is 5.26 Å². The van der Waals surface area contributed by atoms with Gasteiger partial charge < -0.3 is 9.47 Å². The van der Waals surface area contributed by atoms with Gasteiger partial charge in [-0.3, -0.25) is 4.79 Å². The Balaban J connectivity index is 1.66. The number of carbonyl (C=O) groups excluding carboxylic acids is 1. The summed E-state index contributed by atoms with van der Waals surface area (Å²) in [6.45, 7) is 1.42. The highest BCUT2D eigenvalue weighted by Gasteiger charge is 2.30. The zero-order chi connectivity index (χ0) is 18.6. The highest BCUT2D eigenvalue weighted by atomic mass is 16.2. The molecule has 0 bridgehead atoms. The molecule has 1 amide bonds. The lowest BCUT2D eigenvalue weighted by Crippen LogP contribution is -2.41. The van der Waals surface area contributed by atoms with Crippen LogP contribution in [0.5, 0.6) is 0 Å². The van der Waals surface area contributed by atoms with Crippen LogP contribution in [0, 0.1) is 11.3 Å². The third-order valence-electron chi connectivity index (χ3n) is 4.92. The molecule has 0 spiro atoms. The number of hydrogen-bond donors (Lipinski definition) is 0. The van der Waals surface area contributed by atoms with Crippen molar-refractivity contribution in [2.24, 2.45) is 0 Å². The van der Waals surface area contributed by atoms with Crippen LogP contribution >= 0.6 is 0 Å². The van der Waals surface area contributed by atoms with Crippen LogP contribution in [0.2, 0.25) is 0 Å². The molecule has 0 saturated carbocycles. The predicted molar refractivity (Wildman–Crippen MR) is 105 cm³/mol. The molecular formula is C23H19N3O. The van der Waals surface area contributed by atoms with Crippen LogP contribution in [0.4, 0.5) is 0 Å². The number of nitrogens with zero attached hydrogens (tertiary/aromatic N) is 3. The molecule has 1 aliphatic heterocycles. The summed E-state index contributed by atoms with van der Waals surface area (Å²) in [6, 6.07) is 23.5. The first-order chi connectivity index (χ1) is 13.3. The second kappa shape index (κ2) is 7.35. The van der Waals surface area contributed by atoms with Crippen LogP contribution in [-0.4, -0.2) is 21.9 Å². The normalized spacial score (nSPS) is 16.1. The van der Waals surface area contributed by atoms with Gasteiger partial charge in [-0.05, 0) is 35.4 Å². The zero-order valence-corrected chi connectivity index (χ0v) is 14.8. The van der Waals surface area contributed by atoms with Gasteiger partial charge in [0, 0.05) is 31.1 Å². The van der Waals surface area contributed by atoms with Crippen LogP contribution in [0.25, 0.3) is 6.08 Å². The molecule has 0 N–H and O–H groups in total. The first-order valence-electron chi connectivity index (χ1n) is 8.96. The van der Waals surface area contributed by atoms with Crippen molar-refractivity contribution in [3.05, 3.63) is 101 Å². The van der Waals surface area contributed by atoms with Gasteiger partial charge in [0.05, 0.1) is 17.7 Å². The minimum atomic E-state index is -0.113. The highest BCUT2D eigenvalue weighted by Crippen LogP contribution is 2.32. The van der Waals surface area contributed by atoms with Crippen molar-refractivity contribution in [3.63, 3.8) is 0 Å². The summed E-state index contributed by atoms with van der Waals surface area (Å²) in [7, 11) is 0. The van der Waals surface area contributed by atoms with Gasteiger partial charge in [0.15, 0.2) is 0 Å². The second-order valence-corrected chi connectivity index (χ2v) is 6.50. The van der Waals surface area contributed by atoms with Gasteiger partial charge in [0.2, 0.25) is 5.91 Å². The third kappa shape index (κ3) is 3.28. The number of fused-ring (bicyclic) bond motifs is 1. The predicted octanol–water partition coefficient (Wildman–Crippen LogP) is 4.00. The van der Waals surface area contributed by atoms with Gasteiger partial charge in [-0.15, -0.1) is 0 Å². The fourth-order valence-corrected chi connectivity index (χ4v) is 3.61. The van der Waals surface area contributed by atoms with Crippen molar-refractivity contribution in [1.82, 2.24) is 9.47 Å². The highest BCUT2D eigenvalue weighted by molar-refractivity contribution is 5.92. The van der Waals surface area contributed by atoms with Gasteiger partial charge in [-0.1, -0.05) is 48.5 Å². The Kier molecular flexibility index (Phi) is 4.59. The van der Waals surface area contributed by atoms with E-state index in [4.69, 9.17) is 0 Å². The van der Waals surface area contributed by atoms with E-state index in [2.05, 4.69) is 35.0 Å². The Hall–Kier alpha value is -3.58. The smallest absolute Gasteiger partial charge is 0.247 e. The van der Waals surface area contributed by atoms with Crippen molar-refractivity contribution in [2.45, 2.75) is 12.6 Å². The molecule has 0 aliphatic carbocycles. The summed E-state index contributed by atoms with van der Waals surface area (Å²) in [6.07, 6.45) is 5.37. The number of rotatable bonds is 3. The van der Waals surface area contributed by atoms with Gasteiger partial charge in [0.1, 0.15) is 0 Å². The molecule has 1 aromatic heterocycles. The standard InChI is InChI=1S/C23H19N3O/c24-17-20-10-5-4-7-18(20)12-13-22(27)26-16-15-25-14-6-11-21(25)23(26)19-8-2-1-3-9-19/h1-14,23H,15-16H2/b13-12+. The SMILES string of the molecule is N#Cc1ccccc1/C=C/C(=O)N1CCn2cccc2C1c1ccccc1. The van der Waals surface area contributed by atoms with Crippen LogP contribution in [0.15, 0.2) is 79.0 Å². The molecule has 2 heterocycles. The number of nitriles is 1. The first kappa shape index (κ1) is 16.9. The van der Waals surface area contributed by atoms with Crippen LogP contribution in [0.1, 0.15) is 28.4 Å². The Bertz CT molecular complexity index is 1030. The molecule has 1 unspecified atom stereocenters. The van der Waals surface area contributed by atoms with Crippen LogP contribution in [0.3, 0.4) is 0 Å². The Labute approximate surface area is 158 Å². The molecular weight excluding hydrogens is 334 g/mol. The summed E-state index contributed by atoms with van der Waals surface area (Å²) in [5.41, 5.74) is 3.53. The number of carbonyl (C=O) groups is 1. The second-order valence-electron chi connectivity index (χ2n) is 6.50. The van der Waals surface area contributed by atoms with E-state index in [0.29, 0.717) is 12.1 Å². The number of amides is 1. The number of benzene rings is 2. The first-order valence-corrected chi connectivity index (χ1v) is 8.96. The number of aromatic nitrogens is 1. The number of hydrogen-bond acceptors (Lipinski definition) is 2. The van der Waals surface area contributed by atoms with Crippen LogP contribution in [-0.2, 0) is 11.3 Å². The fraction of sp³-hybridized carbons (Fsp3) is 0.130. The monoisotopic (exact) mass is 353 g/mol. The Morgan fingerprint density at radius 1 is 1.00 bits per heavy atom. The molecule has 132 valence electrons. The largest absolute Gasteiger partial charge is 0.348 e. The molecule has 4 rings (SSSR count). The van der Waals surface area contributed by atoms with Crippen LogP contribution < -0.4 is 0 Å². The molecule has 3 aromatic rings. The molecule has 1 atom stereocenters. The summed E-state index contributed by atoms with van der Waals surface area (Å²) >= 11 is 0. The van der Waals surface area contributed by atoms with Gasteiger partial charge in [0.25, 0.3) is 0 Å². The zero-order valence-electron chi connectivity index (χ0n) is 14.8. The van der Waals surface area contributed by atoms with Gasteiger partial charge in [-0.2, -0.15) is 5.26 Å². The van der Waals surface area contributed by atoms with Crippen molar-refractivity contribution < 1.29 is 4.79 Å². The van der Waals surface area contributed by atoms with E-state index in [1.165, 1.54) is 0 Å². The molecule has 2 aromatic carbocycles. The van der Waals surface area contributed by atoms with E-state index in [0.717, 1.165) is 23.4 Å². The third-order valence-corrected chi connectivity index (χ3v) is 4.92. The average molecular weight is 353 g/mol. The molecule has 4 nitrogen and oxygen atoms in total. The molecule has 4 heteroatoms. The average Bonchev–Trinajstić information content (AvgIpc) is 3.21. The quantitative estimate of drug-likeness (QED) is 0.668. The van der Waals surface area contributed by atoms with E-state index in [1.807, 2.05) is 47.4 Å². The van der Waals surface area contributed by atoms with E-state index in [1.54, 1.807) is 18.2 Å². The maximum atomic E-state index is 13.0. The topological polar surface area (TPSA) is 49.0 Å².